The zero-order valence-electron chi connectivity index (χ0n) is 9.70. The van der Waals surface area contributed by atoms with Crippen molar-refractivity contribution in [3.8, 4) is 0 Å². The van der Waals surface area contributed by atoms with Gasteiger partial charge in [0, 0.05) is 13.1 Å². The number of hydrogen-bond donors (Lipinski definition) is 1. The largest absolute Gasteiger partial charge is 0.387 e. The third-order valence-electron chi connectivity index (χ3n) is 3.12. The molecule has 15 heavy (non-hydrogen) atoms. The average Bonchev–Trinajstić information content (AvgIpc) is 2.16. The van der Waals surface area contributed by atoms with E-state index in [1.54, 1.807) is 0 Å². The second-order valence-corrected chi connectivity index (χ2v) is 4.83. The predicted molar refractivity (Wildman–Crippen MR) is 61.8 cm³/mol. The summed E-state index contributed by atoms with van der Waals surface area (Å²) in [5.41, 5.74) is 3.71. The molecule has 1 unspecified atom stereocenters. The summed E-state index contributed by atoms with van der Waals surface area (Å²) in [5.74, 6) is 0.530. The van der Waals surface area contributed by atoms with Gasteiger partial charge in [0.2, 0.25) is 0 Å². The molecule has 1 aliphatic rings. The number of rotatable bonds is 1. The highest BCUT2D eigenvalue weighted by atomic mass is 16.3. The summed E-state index contributed by atoms with van der Waals surface area (Å²) in [6.45, 7) is 6.06. The summed E-state index contributed by atoms with van der Waals surface area (Å²) in [7, 11) is 2.04. The Morgan fingerprint density at radius 2 is 2.13 bits per heavy atom. The molecule has 82 valence electrons. The molecule has 0 radical (unpaired) electrons. The van der Waals surface area contributed by atoms with E-state index in [-0.39, 0.29) is 6.10 Å². The first-order chi connectivity index (χ1) is 7.08. The summed E-state index contributed by atoms with van der Waals surface area (Å²) in [5, 5.41) is 10.00. The molecule has 2 nitrogen and oxygen atoms in total. The quantitative estimate of drug-likeness (QED) is 0.760. The monoisotopic (exact) mass is 205 g/mol. The van der Waals surface area contributed by atoms with Gasteiger partial charge in [0.25, 0.3) is 0 Å². The molecule has 0 fully saturated rings. The van der Waals surface area contributed by atoms with Gasteiger partial charge in [-0.1, -0.05) is 32.0 Å². The van der Waals surface area contributed by atoms with Crippen molar-refractivity contribution in [2.45, 2.75) is 32.4 Å². The topological polar surface area (TPSA) is 23.5 Å². The summed E-state index contributed by atoms with van der Waals surface area (Å²) >= 11 is 0. The highest BCUT2D eigenvalue weighted by Crippen LogP contribution is 2.28. The number of aliphatic hydroxyl groups excluding tert-OH is 1. The normalized spacial score (nSPS) is 21.8. The second kappa shape index (κ2) is 3.95. The van der Waals surface area contributed by atoms with Gasteiger partial charge in [-0.15, -0.1) is 0 Å². The van der Waals surface area contributed by atoms with Gasteiger partial charge in [-0.05, 0) is 29.7 Å². The zero-order chi connectivity index (χ0) is 11.0. The lowest BCUT2D eigenvalue weighted by atomic mass is 9.92. The molecule has 0 amide bonds. The Kier molecular flexibility index (Phi) is 2.81. The molecule has 0 aliphatic carbocycles. The molecule has 1 atom stereocenters. The molecule has 0 saturated carbocycles. The molecule has 0 spiro atoms. The maximum Gasteiger partial charge on any atom is 0.0920 e. The fourth-order valence-corrected chi connectivity index (χ4v) is 2.18. The minimum absolute atomic E-state index is 0.322. The van der Waals surface area contributed by atoms with Gasteiger partial charge in [0.1, 0.15) is 0 Å². The lowest BCUT2D eigenvalue weighted by molar-refractivity contribution is 0.108. The van der Waals surface area contributed by atoms with Gasteiger partial charge in [0.15, 0.2) is 0 Å². The van der Waals surface area contributed by atoms with Gasteiger partial charge in [-0.2, -0.15) is 0 Å². The van der Waals surface area contributed by atoms with Crippen LogP contribution < -0.4 is 0 Å². The number of nitrogens with zero attached hydrogens (tertiary/aromatic N) is 1. The Morgan fingerprint density at radius 3 is 2.80 bits per heavy atom. The van der Waals surface area contributed by atoms with E-state index in [2.05, 4.69) is 36.9 Å². The van der Waals surface area contributed by atoms with Crippen LogP contribution in [0.1, 0.15) is 42.6 Å². The lowest BCUT2D eigenvalue weighted by Gasteiger charge is -2.29. The molecule has 1 aliphatic heterocycles. The smallest absolute Gasteiger partial charge is 0.0920 e. The van der Waals surface area contributed by atoms with Crippen molar-refractivity contribution in [1.82, 2.24) is 4.90 Å². The molecule has 1 aromatic rings. The number of likely N-dealkylation sites (N-methyl/N-ethyl adjacent to an activating group) is 1. The van der Waals surface area contributed by atoms with Gasteiger partial charge < -0.3 is 5.11 Å². The molecular weight excluding hydrogens is 186 g/mol. The maximum atomic E-state index is 10.00. The van der Waals surface area contributed by atoms with E-state index in [0.717, 1.165) is 18.7 Å². The number of aliphatic hydroxyl groups is 1. The van der Waals surface area contributed by atoms with E-state index in [1.165, 1.54) is 11.1 Å². The summed E-state index contributed by atoms with van der Waals surface area (Å²) in [4.78, 5) is 2.15. The Balaban J connectivity index is 2.39. The highest BCUT2D eigenvalue weighted by molar-refractivity contribution is 5.36. The van der Waals surface area contributed by atoms with Crippen LogP contribution in [0.2, 0.25) is 0 Å². The van der Waals surface area contributed by atoms with Crippen LogP contribution in [-0.4, -0.2) is 23.6 Å². The van der Waals surface area contributed by atoms with E-state index >= 15 is 0 Å². The second-order valence-electron chi connectivity index (χ2n) is 4.83. The van der Waals surface area contributed by atoms with Crippen molar-refractivity contribution in [1.29, 1.82) is 0 Å². The number of benzene rings is 1. The van der Waals surface area contributed by atoms with Crippen LogP contribution in [0.3, 0.4) is 0 Å². The molecule has 0 bridgehead atoms. The van der Waals surface area contributed by atoms with Crippen molar-refractivity contribution in [3.63, 3.8) is 0 Å². The van der Waals surface area contributed by atoms with Crippen LogP contribution in [0, 0.1) is 0 Å². The van der Waals surface area contributed by atoms with Crippen LogP contribution in [0.15, 0.2) is 18.2 Å². The van der Waals surface area contributed by atoms with Crippen molar-refractivity contribution in [2.24, 2.45) is 0 Å². The molecule has 2 rings (SSSR count). The average molecular weight is 205 g/mol. The first-order valence-corrected chi connectivity index (χ1v) is 5.57. The van der Waals surface area contributed by atoms with Gasteiger partial charge >= 0.3 is 0 Å². The predicted octanol–water partition coefficient (Wildman–Crippen LogP) is 2.29. The molecule has 1 aromatic carbocycles. The Morgan fingerprint density at radius 1 is 1.40 bits per heavy atom. The number of fused-ring (bicyclic) bond motifs is 1. The van der Waals surface area contributed by atoms with Gasteiger partial charge in [-0.3, -0.25) is 4.90 Å². The number of hydrogen-bond acceptors (Lipinski definition) is 2. The van der Waals surface area contributed by atoms with Gasteiger partial charge in [0.05, 0.1) is 6.10 Å². The molecule has 1 N–H and O–H groups in total. The van der Waals surface area contributed by atoms with Crippen molar-refractivity contribution in [3.05, 3.63) is 34.9 Å². The fourth-order valence-electron chi connectivity index (χ4n) is 2.18. The Hall–Kier alpha value is -0.860. The summed E-state index contributed by atoms with van der Waals surface area (Å²) < 4.78 is 0. The number of β-amino-alcohol motifs (C(OH)–C–C–N with tert-alkyl or cyclic N) is 1. The Labute approximate surface area is 91.5 Å². The van der Waals surface area contributed by atoms with Crippen LogP contribution in [0.25, 0.3) is 0 Å². The molecule has 0 aromatic heterocycles. The maximum absolute atomic E-state index is 10.00. The van der Waals surface area contributed by atoms with Gasteiger partial charge in [-0.25, -0.2) is 0 Å². The van der Waals surface area contributed by atoms with Crippen molar-refractivity contribution in [2.75, 3.05) is 13.6 Å². The first kappa shape index (κ1) is 10.7. The van der Waals surface area contributed by atoms with Crippen LogP contribution in [0.4, 0.5) is 0 Å². The standard InChI is InChI=1S/C13H19NO/c1-9(2)10-4-5-11-7-14(3)8-13(15)12(11)6-10/h4-6,9,13,15H,7-8H2,1-3H3. The highest BCUT2D eigenvalue weighted by Gasteiger charge is 2.21. The van der Waals surface area contributed by atoms with E-state index in [1.807, 2.05) is 7.05 Å². The summed E-state index contributed by atoms with van der Waals surface area (Å²) in [6, 6.07) is 6.50. The van der Waals surface area contributed by atoms with E-state index in [0.29, 0.717) is 5.92 Å². The third-order valence-corrected chi connectivity index (χ3v) is 3.12. The fraction of sp³-hybridized carbons (Fsp3) is 0.538. The third kappa shape index (κ3) is 2.06. The minimum atomic E-state index is -0.322. The minimum Gasteiger partial charge on any atom is -0.387 e. The molecular formula is C13H19NO. The zero-order valence-corrected chi connectivity index (χ0v) is 9.70. The van der Waals surface area contributed by atoms with Crippen molar-refractivity contribution < 1.29 is 5.11 Å². The van der Waals surface area contributed by atoms with E-state index in [4.69, 9.17) is 0 Å². The summed E-state index contributed by atoms with van der Waals surface area (Å²) in [6.07, 6.45) is -0.322. The molecule has 0 saturated heterocycles. The van der Waals surface area contributed by atoms with Crippen molar-refractivity contribution >= 4 is 0 Å². The van der Waals surface area contributed by atoms with Crippen LogP contribution >= 0.6 is 0 Å². The van der Waals surface area contributed by atoms with E-state index < -0.39 is 0 Å². The SMILES string of the molecule is CC(C)c1ccc2c(c1)C(O)CN(C)C2. The lowest BCUT2D eigenvalue weighted by Crippen LogP contribution is -2.30. The Bertz CT molecular complexity index is 360. The molecule has 1 heterocycles. The van der Waals surface area contributed by atoms with Crippen LogP contribution in [0.5, 0.6) is 0 Å². The van der Waals surface area contributed by atoms with Crippen LogP contribution in [-0.2, 0) is 6.54 Å². The van der Waals surface area contributed by atoms with E-state index in [9.17, 15) is 5.11 Å². The molecule has 2 heteroatoms. The first-order valence-electron chi connectivity index (χ1n) is 5.57.